The molecule has 168 valence electrons. The van der Waals surface area contributed by atoms with Crippen molar-refractivity contribution >= 4 is 5.91 Å². The van der Waals surface area contributed by atoms with Gasteiger partial charge in [0.25, 0.3) is 0 Å². The number of nitrogens with zero attached hydrogens (tertiary/aromatic N) is 2. The maximum absolute atomic E-state index is 12.4. The van der Waals surface area contributed by atoms with E-state index in [9.17, 15) is 4.79 Å². The highest BCUT2D eigenvalue weighted by Gasteiger charge is 2.22. The standard InChI is InChI=1S/C25H29N3O4/c1-4-17-6-8-18(9-7-17)25-27-24(32-28-25)11-10-23(29)26-15-20-14-22-19(12-16(3)31-22)13-21(20)30-5-2/h6-9,13-14,16H,4-5,10-12,15H2,1-3H3,(H,26,29). The number of aryl methyl sites for hydroxylation is 2. The summed E-state index contributed by atoms with van der Waals surface area (Å²) < 4.78 is 16.9. The van der Waals surface area contributed by atoms with E-state index < -0.39 is 0 Å². The van der Waals surface area contributed by atoms with Crippen molar-refractivity contribution in [1.29, 1.82) is 0 Å². The van der Waals surface area contributed by atoms with E-state index in [0.29, 0.717) is 31.3 Å². The van der Waals surface area contributed by atoms with Crippen molar-refractivity contribution in [3.05, 3.63) is 59.0 Å². The maximum Gasteiger partial charge on any atom is 0.227 e. The summed E-state index contributed by atoms with van der Waals surface area (Å²) in [5.74, 6) is 2.56. The molecular weight excluding hydrogens is 406 g/mol. The van der Waals surface area contributed by atoms with Gasteiger partial charge in [-0.05, 0) is 38.0 Å². The molecule has 1 atom stereocenters. The Morgan fingerprint density at radius 3 is 2.78 bits per heavy atom. The number of carbonyl (C=O) groups is 1. The fourth-order valence-electron chi connectivity index (χ4n) is 3.78. The summed E-state index contributed by atoms with van der Waals surface area (Å²) in [6, 6.07) is 12.1. The van der Waals surface area contributed by atoms with Crippen LogP contribution >= 0.6 is 0 Å². The second-order valence-electron chi connectivity index (χ2n) is 7.97. The van der Waals surface area contributed by atoms with E-state index in [2.05, 4.69) is 34.5 Å². The van der Waals surface area contributed by atoms with Crippen LogP contribution in [0.15, 0.2) is 40.9 Å². The minimum atomic E-state index is -0.0886. The first-order valence-corrected chi connectivity index (χ1v) is 11.2. The molecule has 0 radical (unpaired) electrons. The Labute approximate surface area is 188 Å². The van der Waals surface area contributed by atoms with Crippen molar-refractivity contribution in [2.45, 2.75) is 59.1 Å². The van der Waals surface area contributed by atoms with E-state index in [1.54, 1.807) is 0 Å². The van der Waals surface area contributed by atoms with Crippen molar-refractivity contribution in [2.24, 2.45) is 0 Å². The number of hydrogen-bond donors (Lipinski definition) is 1. The smallest absolute Gasteiger partial charge is 0.227 e. The number of aromatic nitrogens is 2. The van der Waals surface area contributed by atoms with Crippen LogP contribution in [-0.2, 0) is 30.6 Å². The lowest BCUT2D eigenvalue weighted by molar-refractivity contribution is -0.121. The van der Waals surface area contributed by atoms with Gasteiger partial charge in [-0.3, -0.25) is 4.79 Å². The molecule has 3 aromatic rings. The third-order valence-corrected chi connectivity index (χ3v) is 5.51. The number of fused-ring (bicyclic) bond motifs is 1. The number of nitrogens with one attached hydrogen (secondary N) is 1. The van der Waals surface area contributed by atoms with Crippen molar-refractivity contribution in [3.8, 4) is 22.9 Å². The number of ether oxygens (including phenoxy) is 2. The maximum atomic E-state index is 12.4. The highest BCUT2D eigenvalue weighted by Crippen LogP contribution is 2.35. The van der Waals surface area contributed by atoms with Gasteiger partial charge in [0.05, 0.1) is 6.61 Å². The normalized spacial score (nSPS) is 14.7. The molecule has 7 nitrogen and oxygen atoms in total. The molecule has 1 aromatic heterocycles. The summed E-state index contributed by atoms with van der Waals surface area (Å²) in [5, 5.41) is 6.99. The lowest BCUT2D eigenvalue weighted by Gasteiger charge is -2.13. The van der Waals surface area contributed by atoms with E-state index in [0.717, 1.165) is 41.0 Å². The number of benzene rings is 2. The van der Waals surface area contributed by atoms with Crippen molar-refractivity contribution < 1.29 is 18.8 Å². The molecule has 0 saturated carbocycles. The minimum Gasteiger partial charge on any atom is -0.494 e. The highest BCUT2D eigenvalue weighted by molar-refractivity contribution is 5.76. The predicted octanol–water partition coefficient (Wildman–Crippen LogP) is 4.27. The quantitative estimate of drug-likeness (QED) is 0.540. The summed E-state index contributed by atoms with van der Waals surface area (Å²) in [4.78, 5) is 16.8. The number of amides is 1. The van der Waals surface area contributed by atoms with E-state index in [1.165, 1.54) is 5.56 Å². The van der Waals surface area contributed by atoms with Gasteiger partial charge >= 0.3 is 0 Å². The van der Waals surface area contributed by atoms with Crippen LogP contribution in [0.2, 0.25) is 0 Å². The van der Waals surface area contributed by atoms with E-state index >= 15 is 0 Å². The Morgan fingerprint density at radius 1 is 1.22 bits per heavy atom. The number of hydrogen-bond acceptors (Lipinski definition) is 6. The van der Waals surface area contributed by atoms with E-state index in [1.807, 2.05) is 38.1 Å². The van der Waals surface area contributed by atoms with Crippen LogP contribution < -0.4 is 14.8 Å². The van der Waals surface area contributed by atoms with Gasteiger partial charge in [0, 0.05) is 42.5 Å². The molecule has 0 saturated heterocycles. The summed E-state index contributed by atoms with van der Waals surface area (Å²) >= 11 is 0. The Balaban J connectivity index is 1.32. The van der Waals surface area contributed by atoms with Crippen molar-refractivity contribution in [2.75, 3.05) is 6.61 Å². The fraction of sp³-hybridized carbons (Fsp3) is 0.400. The first kappa shape index (κ1) is 21.9. The molecule has 0 fully saturated rings. The van der Waals surface area contributed by atoms with E-state index in [-0.39, 0.29) is 18.4 Å². The summed E-state index contributed by atoms with van der Waals surface area (Å²) in [6.07, 6.45) is 2.66. The predicted molar refractivity (Wildman–Crippen MR) is 121 cm³/mol. The van der Waals surface area contributed by atoms with E-state index in [4.69, 9.17) is 14.0 Å². The molecule has 32 heavy (non-hydrogen) atoms. The summed E-state index contributed by atoms with van der Waals surface area (Å²) in [5.41, 5.74) is 4.21. The molecule has 1 unspecified atom stereocenters. The zero-order valence-corrected chi connectivity index (χ0v) is 18.8. The van der Waals surface area contributed by atoms with Crippen LogP contribution in [0.5, 0.6) is 11.5 Å². The third kappa shape index (κ3) is 5.10. The molecule has 0 spiro atoms. The van der Waals surface area contributed by atoms with Crippen LogP contribution in [0, 0.1) is 0 Å². The minimum absolute atomic E-state index is 0.0886. The van der Waals surface area contributed by atoms with Gasteiger partial charge in [-0.15, -0.1) is 0 Å². The van der Waals surface area contributed by atoms with Crippen LogP contribution in [0.4, 0.5) is 0 Å². The zero-order valence-electron chi connectivity index (χ0n) is 18.8. The largest absolute Gasteiger partial charge is 0.494 e. The van der Waals surface area contributed by atoms with Gasteiger partial charge < -0.3 is 19.3 Å². The summed E-state index contributed by atoms with van der Waals surface area (Å²) in [6.45, 7) is 7.05. The average molecular weight is 436 g/mol. The van der Waals surface area contributed by atoms with Crippen LogP contribution in [0.3, 0.4) is 0 Å². The Kier molecular flexibility index (Phi) is 6.73. The number of rotatable bonds is 9. The highest BCUT2D eigenvalue weighted by atomic mass is 16.5. The lowest BCUT2D eigenvalue weighted by atomic mass is 10.1. The Bertz CT molecular complexity index is 1080. The molecule has 4 rings (SSSR count). The van der Waals surface area contributed by atoms with Gasteiger partial charge in [-0.25, -0.2) is 0 Å². The molecule has 1 aliphatic rings. The second-order valence-corrected chi connectivity index (χ2v) is 7.97. The van der Waals surface area contributed by atoms with Gasteiger partial charge in [-0.1, -0.05) is 36.3 Å². The Morgan fingerprint density at radius 2 is 2.03 bits per heavy atom. The topological polar surface area (TPSA) is 86.5 Å². The second kappa shape index (κ2) is 9.85. The van der Waals surface area contributed by atoms with Gasteiger partial charge in [0.2, 0.25) is 17.6 Å². The molecule has 0 bridgehead atoms. The van der Waals surface area contributed by atoms with Gasteiger partial charge in [0.15, 0.2) is 0 Å². The molecule has 2 aromatic carbocycles. The van der Waals surface area contributed by atoms with Crippen LogP contribution in [0.25, 0.3) is 11.4 Å². The first-order valence-electron chi connectivity index (χ1n) is 11.2. The Hall–Kier alpha value is -3.35. The fourth-order valence-corrected chi connectivity index (χ4v) is 3.78. The molecule has 7 heteroatoms. The van der Waals surface area contributed by atoms with Crippen molar-refractivity contribution in [3.63, 3.8) is 0 Å². The van der Waals surface area contributed by atoms with Gasteiger partial charge in [0.1, 0.15) is 17.6 Å². The average Bonchev–Trinajstić information content (AvgIpc) is 3.42. The van der Waals surface area contributed by atoms with Crippen LogP contribution in [0.1, 0.15) is 49.8 Å². The molecule has 2 heterocycles. The monoisotopic (exact) mass is 435 g/mol. The zero-order chi connectivity index (χ0) is 22.5. The molecule has 0 aliphatic carbocycles. The number of carbonyl (C=O) groups excluding carboxylic acids is 1. The van der Waals surface area contributed by atoms with Gasteiger partial charge in [-0.2, -0.15) is 4.98 Å². The molecular formula is C25H29N3O4. The van der Waals surface area contributed by atoms with Crippen molar-refractivity contribution in [1.82, 2.24) is 15.5 Å². The lowest BCUT2D eigenvalue weighted by Crippen LogP contribution is -2.23. The van der Waals surface area contributed by atoms with Crippen LogP contribution in [-0.4, -0.2) is 28.8 Å². The third-order valence-electron chi connectivity index (χ3n) is 5.51. The first-order chi connectivity index (χ1) is 15.6. The SMILES string of the molecule is CCOc1cc2c(cc1CNC(=O)CCc1nc(-c3ccc(CC)cc3)no1)OC(C)C2. The molecule has 1 aliphatic heterocycles. The molecule has 1 amide bonds. The summed E-state index contributed by atoms with van der Waals surface area (Å²) in [7, 11) is 0. The molecule has 1 N–H and O–H groups in total.